The minimum atomic E-state index is -0.783. The summed E-state index contributed by atoms with van der Waals surface area (Å²) in [4.78, 5) is 47.4. The Morgan fingerprint density at radius 1 is 1.18 bits per heavy atom. The number of carboxylic acids is 1. The van der Waals surface area contributed by atoms with Gasteiger partial charge in [0.05, 0.1) is 0 Å². The standard InChI is InChI=1S/C14H21N3O5/c1-17-13(21)10(9-16-14(17)22)12(20)15-8-6-4-2-3-5-7-11(18)19/h9H,2-8H2,1H3,(H,15,20)(H,16,22)(H,18,19). The van der Waals surface area contributed by atoms with Gasteiger partial charge in [0.25, 0.3) is 11.5 Å². The minimum Gasteiger partial charge on any atom is -0.481 e. The van der Waals surface area contributed by atoms with Crippen LogP contribution < -0.4 is 16.6 Å². The van der Waals surface area contributed by atoms with E-state index >= 15 is 0 Å². The first-order valence-electron chi connectivity index (χ1n) is 7.22. The molecule has 0 fully saturated rings. The van der Waals surface area contributed by atoms with Gasteiger partial charge >= 0.3 is 11.7 Å². The highest BCUT2D eigenvalue weighted by atomic mass is 16.4. The van der Waals surface area contributed by atoms with Gasteiger partial charge in [-0.15, -0.1) is 0 Å². The Kier molecular flexibility index (Phi) is 7.07. The lowest BCUT2D eigenvalue weighted by Gasteiger charge is -2.05. The van der Waals surface area contributed by atoms with E-state index in [0.29, 0.717) is 13.0 Å². The van der Waals surface area contributed by atoms with Crippen LogP contribution in [0.1, 0.15) is 48.9 Å². The van der Waals surface area contributed by atoms with Crippen molar-refractivity contribution in [3.63, 3.8) is 0 Å². The van der Waals surface area contributed by atoms with Gasteiger partial charge in [-0.1, -0.05) is 19.3 Å². The average molecular weight is 311 g/mol. The van der Waals surface area contributed by atoms with Crippen LogP contribution in [0.3, 0.4) is 0 Å². The number of amides is 1. The number of nitrogens with one attached hydrogen (secondary N) is 2. The fraction of sp³-hybridized carbons (Fsp3) is 0.571. The Balaban J connectivity index is 2.27. The third-order valence-corrected chi connectivity index (χ3v) is 3.28. The molecule has 0 radical (unpaired) electrons. The molecule has 8 nitrogen and oxygen atoms in total. The SMILES string of the molecule is Cn1c(=O)[nH]cc(C(=O)NCCCCCCCC(=O)O)c1=O. The van der Waals surface area contributed by atoms with Gasteiger partial charge in [0.15, 0.2) is 0 Å². The lowest BCUT2D eigenvalue weighted by atomic mass is 10.1. The first kappa shape index (κ1) is 17.7. The zero-order chi connectivity index (χ0) is 16.5. The van der Waals surface area contributed by atoms with Crippen LogP contribution in [-0.2, 0) is 11.8 Å². The van der Waals surface area contributed by atoms with Gasteiger partial charge in [-0.25, -0.2) is 4.79 Å². The number of carbonyl (C=O) groups is 2. The maximum atomic E-state index is 11.8. The summed E-state index contributed by atoms with van der Waals surface area (Å²) in [5.74, 6) is -1.29. The predicted octanol–water partition coefficient (Wildman–Crippen LogP) is 0.229. The van der Waals surface area contributed by atoms with Crippen molar-refractivity contribution in [2.75, 3.05) is 6.54 Å². The smallest absolute Gasteiger partial charge is 0.328 e. The molecule has 0 saturated carbocycles. The molecule has 0 aliphatic heterocycles. The number of rotatable bonds is 9. The number of nitrogens with zero attached hydrogens (tertiary/aromatic N) is 1. The van der Waals surface area contributed by atoms with Crippen molar-refractivity contribution in [2.24, 2.45) is 7.05 Å². The predicted molar refractivity (Wildman–Crippen MR) is 80.0 cm³/mol. The summed E-state index contributed by atoms with van der Waals surface area (Å²) in [6.07, 6.45) is 5.35. The van der Waals surface area contributed by atoms with Gasteiger partial charge in [0, 0.05) is 26.2 Å². The monoisotopic (exact) mass is 311 g/mol. The molecular formula is C14H21N3O5. The van der Waals surface area contributed by atoms with Gasteiger partial charge < -0.3 is 15.4 Å². The number of aromatic amines is 1. The first-order chi connectivity index (χ1) is 10.4. The molecule has 0 bridgehead atoms. The average Bonchev–Trinajstić information content (AvgIpc) is 2.47. The molecule has 122 valence electrons. The number of hydrogen-bond acceptors (Lipinski definition) is 4. The van der Waals surface area contributed by atoms with E-state index in [0.717, 1.165) is 36.4 Å². The lowest BCUT2D eigenvalue weighted by Crippen LogP contribution is -2.39. The first-order valence-corrected chi connectivity index (χ1v) is 7.22. The molecule has 1 aromatic heterocycles. The molecule has 0 spiro atoms. The highest BCUT2D eigenvalue weighted by Gasteiger charge is 2.12. The van der Waals surface area contributed by atoms with Crippen LogP contribution in [-0.4, -0.2) is 33.1 Å². The van der Waals surface area contributed by atoms with Crippen LogP contribution in [0, 0.1) is 0 Å². The molecular weight excluding hydrogens is 290 g/mol. The van der Waals surface area contributed by atoms with Gasteiger partial charge in [0.1, 0.15) is 5.56 Å². The number of carboxylic acid groups (broad SMARTS) is 1. The van der Waals surface area contributed by atoms with Crippen LogP contribution >= 0.6 is 0 Å². The molecule has 0 atom stereocenters. The maximum Gasteiger partial charge on any atom is 0.328 e. The summed E-state index contributed by atoms with van der Waals surface area (Å²) in [5, 5.41) is 11.1. The molecule has 8 heteroatoms. The van der Waals surface area contributed by atoms with Gasteiger partial charge in [-0.3, -0.25) is 19.0 Å². The number of unbranched alkanes of at least 4 members (excludes halogenated alkanes) is 4. The molecule has 1 amide bonds. The van der Waals surface area contributed by atoms with Gasteiger partial charge in [0.2, 0.25) is 0 Å². The maximum absolute atomic E-state index is 11.8. The zero-order valence-corrected chi connectivity index (χ0v) is 12.6. The fourth-order valence-electron chi connectivity index (χ4n) is 1.96. The molecule has 0 aliphatic carbocycles. The van der Waals surface area contributed by atoms with Crippen LogP contribution in [0.15, 0.2) is 15.8 Å². The van der Waals surface area contributed by atoms with Crippen molar-refractivity contribution < 1.29 is 14.7 Å². The molecule has 3 N–H and O–H groups in total. The topological polar surface area (TPSA) is 121 Å². The zero-order valence-electron chi connectivity index (χ0n) is 12.6. The van der Waals surface area contributed by atoms with E-state index in [1.165, 1.54) is 7.05 Å². The van der Waals surface area contributed by atoms with Crippen LogP contribution in [0.5, 0.6) is 0 Å². The van der Waals surface area contributed by atoms with E-state index < -0.39 is 23.1 Å². The number of carbonyl (C=O) groups excluding carboxylic acids is 1. The fourth-order valence-corrected chi connectivity index (χ4v) is 1.96. The highest BCUT2D eigenvalue weighted by molar-refractivity contribution is 5.93. The molecule has 0 aromatic carbocycles. The van der Waals surface area contributed by atoms with Crippen LogP contribution in [0.25, 0.3) is 0 Å². The Morgan fingerprint density at radius 3 is 2.50 bits per heavy atom. The van der Waals surface area contributed by atoms with E-state index in [1.807, 2.05) is 0 Å². The second kappa shape index (κ2) is 8.81. The van der Waals surface area contributed by atoms with Crippen molar-refractivity contribution in [1.82, 2.24) is 14.9 Å². The molecule has 1 heterocycles. The third kappa shape index (κ3) is 5.55. The summed E-state index contributed by atoms with van der Waals surface area (Å²) in [6, 6.07) is 0. The van der Waals surface area contributed by atoms with E-state index in [4.69, 9.17) is 5.11 Å². The molecule has 0 aliphatic rings. The van der Waals surface area contributed by atoms with E-state index in [-0.39, 0.29) is 12.0 Å². The highest BCUT2D eigenvalue weighted by Crippen LogP contribution is 2.04. The van der Waals surface area contributed by atoms with E-state index in [1.54, 1.807) is 0 Å². The van der Waals surface area contributed by atoms with Crippen LogP contribution in [0.2, 0.25) is 0 Å². The second-order valence-electron chi connectivity index (χ2n) is 5.04. The summed E-state index contributed by atoms with van der Waals surface area (Å²) in [5.41, 5.74) is -1.29. The minimum absolute atomic E-state index is 0.0939. The van der Waals surface area contributed by atoms with Gasteiger partial charge in [-0.2, -0.15) is 0 Å². The van der Waals surface area contributed by atoms with Crippen LogP contribution in [0.4, 0.5) is 0 Å². The van der Waals surface area contributed by atoms with Crippen molar-refractivity contribution in [3.8, 4) is 0 Å². The molecule has 0 saturated heterocycles. The van der Waals surface area contributed by atoms with Crippen molar-refractivity contribution in [3.05, 3.63) is 32.6 Å². The molecule has 1 rings (SSSR count). The Morgan fingerprint density at radius 2 is 1.82 bits per heavy atom. The third-order valence-electron chi connectivity index (χ3n) is 3.28. The summed E-state index contributed by atoms with van der Waals surface area (Å²) in [7, 11) is 1.30. The van der Waals surface area contributed by atoms with Crippen molar-refractivity contribution in [1.29, 1.82) is 0 Å². The Hall–Kier alpha value is -2.38. The summed E-state index contributed by atoms with van der Waals surface area (Å²) >= 11 is 0. The van der Waals surface area contributed by atoms with E-state index in [2.05, 4.69) is 10.3 Å². The largest absolute Gasteiger partial charge is 0.481 e. The lowest BCUT2D eigenvalue weighted by molar-refractivity contribution is -0.137. The van der Waals surface area contributed by atoms with Crippen molar-refractivity contribution in [2.45, 2.75) is 38.5 Å². The Labute approximate surface area is 127 Å². The molecule has 0 unspecified atom stereocenters. The number of H-pyrrole nitrogens is 1. The van der Waals surface area contributed by atoms with E-state index in [9.17, 15) is 19.2 Å². The summed E-state index contributed by atoms with van der Waals surface area (Å²) in [6.45, 7) is 0.431. The summed E-state index contributed by atoms with van der Waals surface area (Å²) < 4.78 is 0.845. The molecule has 22 heavy (non-hydrogen) atoms. The quantitative estimate of drug-likeness (QED) is 0.564. The normalized spacial score (nSPS) is 10.4. The second-order valence-corrected chi connectivity index (χ2v) is 5.04. The van der Waals surface area contributed by atoms with Gasteiger partial charge in [-0.05, 0) is 12.8 Å². The number of hydrogen-bond donors (Lipinski definition) is 3. The molecule has 1 aromatic rings. The Bertz CT molecular complexity index is 632. The number of aromatic nitrogens is 2. The number of aliphatic carboxylic acids is 1. The van der Waals surface area contributed by atoms with Crippen molar-refractivity contribution >= 4 is 11.9 Å².